The van der Waals surface area contributed by atoms with Gasteiger partial charge in [-0.25, -0.2) is 0 Å². The van der Waals surface area contributed by atoms with Gasteiger partial charge in [0.05, 0.1) is 11.7 Å². The highest BCUT2D eigenvalue weighted by molar-refractivity contribution is 6.30. The first-order chi connectivity index (χ1) is 12.6. The molecule has 6 heteroatoms. The number of pyridine rings is 1. The van der Waals surface area contributed by atoms with Crippen LogP contribution in [-0.4, -0.2) is 29.6 Å². The Kier molecular flexibility index (Phi) is 6.12. The lowest BCUT2D eigenvalue weighted by molar-refractivity contribution is -0.140. The summed E-state index contributed by atoms with van der Waals surface area (Å²) in [5, 5.41) is 7.08. The smallest absolute Gasteiger partial charge is 0.264 e. The van der Waals surface area contributed by atoms with Crippen LogP contribution in [0.4, 0.5) is 0 Å². The zero-order valence-corrected chi connectivity index (χ0v) is 15.6. The van der Waals surface area contributed by atoms with Crippen LogP contribution in [0.15, 0.2) is 48.7 Å². The van der Waals surface area contributed by atoms with E-state index in [0.29, 0.717) is 23.6 Å². The largest absolute Gasteiger partial charge is 0.477 e. The number of halogens is 1. The third kappa shape index (κ3) is 4.34. The molecule has 1 saturated heterocycles. The molecule has 2 heterocycles. The molecule has 0 unspecified atom stereocenters. The fourth-order valence-corrected chi connectivity index (χ4v) is 3.32. The molecular formula is C20H24ClN3O2. The number of hydrogen-bond donors (Lipinski definition) is 2. The molecule has 0 saturated carbocycles. The minimum Gasteiger partial charge on any atom is -0.477 e. The molecule has 1 aromatic carbocycles. The fraction of sp³-hybridized carbons (Fsp3) is 0.400. The van der Waals surface area contributed by atoms with Crippen LogP contribution in [0.1, 0.15) is 37.9 Å². The first-order valence-corrected chi connectivity index (χ1v) is 9.38. The molecule has 0 aliphatic carbocycles. The zero-order chi connectivity index (χ0) is 18.4. The van der Waals surface area contributed by atoms with Crippen LogP contribution >= 0.6 is 11.6 Å². The van der Waals surface area contributed by atoms with Crippen molar-refractivity contribution in [3.63, 3.8) is 0 Å². The Morgan fingerprint density at radius 3 is 2.62 bits per heavy atom. The molecule has 1 atom stereocenters. The number of nitrogens with one attached hydrogen (secondary N) is 2. The summed E-state index contributed by atoms with van der Waals surface area (Å²) in [5.74, 6) is 0.559. The van der Waals surface area contributed by atoms with Crippen LogP contribution in [-0.2, 0) is 4.79 Å². The summed E-state index contributed by atoms with van der Waals surface area (Å²) >= 11 is 5.96. The molecule has 1 aromatic heterocycles. The second-order valence-corrected chi connectivity index (χ2v) is 6.93. The fourth-order valence-electron chi connectivity index (χ4n) is 3.19. The lowest BCUT2D eigenvalue weighted by Crippen LogP contribution is -2.57. The molecule has 1 aliphatic rings. The van der Waals surface area contributed by atoms with E-state index in [1.807, 2.05) is 25.1 Å². The van der Waals surface area contributed by atoms with Gasteiger partial charge in [0.1, 0.15) is 5.75 Å². The monoisotopic (exact) mass is 373 g/mol. The molecule has 5 nitrogen and oxygen atoms in total. The van der Waals surface area contributed by atoms with E-state index in [9.17, 15) is 4.79 Å². The van der Waals surface area contributed by atoms with Gasteiger partial charge in [0, 0.05) is 24.1 Å². The van der Waals surface area contributed by atoms with Crippen molar-refractivity contribution in [2.75, 3.05) is 13.1 Å². The maximum atomic E-state index is 13.2. The second kappa shape index (κ2) is 8.52. The summed E-state index contributed by atoms with van der Waals surface area (Å²) in [7, 11) is 0. The number of rotatable bonds is 6. The minimum atomic E-state index is -0.888. The summed E-state index contributed by atoms with van der Waals surface area (Å²) in [4.78, 5) is 17.6. The van der Waals surface area contributed by atoms with Crippen LogP contribution < -0.4 is 15.4 Å². The summed E-state index contributed by atoms with van der Waals surface area (Å²) in [6, 6.07) is 12.7. The molecule has 2 N–H and O–H groups in total. The number of nitrogens with zero attached hydrogens (tertiary/aromatic N) is 1. The lowest BCUT2D eigenvalue weighted by atomic mass is 9.90. The Morgan fingerprint density at radius 1 is 1.27 bits per heavy atom. The van der Waals surface area contributed by atoms with Gasteiger partial charge in [-0.15, -0.1) is 0 Å². The van der Waals surface area contributed by atoms with Crippen LogP contribution in [0.25, 0.3) is 0 Å². The van der Waals surface area contributed by atoms with Gasteiger partial charge in [-0.3, -0.25) is 9.78 Å². The molecule has 138 valence electrons. The number of amides is 1. The Bertz CT molecular complexity index is 716. The van der Waals surface area contributed by atoms with Crippen LogP contribution in [0, 0.1) is 0 Å². The number of benzene rings is 1. The van der Waals surface area contributed by atoms with Crippen molar-refractivity contribution in [1.82, 2.24) is 15.6 Å². The van der Waals surface area contributed by atoms with Crippen molar-refractivity contribution in [2.45, 2.75) is 37.8 Å². The summed E-state index contributed by atoms with van der Waals surface area (Å²) in [5.41, 5.74) is -0.0275. The van der Waals surface area contributed by atoms with Crippen molar-refractivity contribution in [3.05, 3.63) is 59.4 Å². The van der Waals surface area contributed by atoms with Crippen molar-refractivity contribution in [3.8, 4) is 5.75 Å². The van der Waals surface area contributed by atoms with E-state index < -0.39 is 5.60 Å². The molecule has 0 spiro atoms. The lowest BCUT2D eigenvalue weighted by Gasteiger charge is -2.37. The molecule has 1 amide bonds. The number of piperidine rings is 1. The SMILES string of the molecule is CC[C@@H](NC(=O)C1(Oc2ccc(Cl)cc2)CCNCC1)c1ccccn1. The molecule has 0 radical (unpaired) electrons. The predicted octanol–water partition coefficient (Wildman–Crippen LogP) is 3.50. The first-order valence-electron chi connectivity index (χ1n) is 9.00. The topological polar surface area (TPSA) is 63.2 Å². The van der Waals surface area contributed by atoms with Gasteiger partial charge in [0.2, 0.25) is 0 Å². The van der Waals surface area contributed by atoms with E-state index in [1.165, 1.54) is 0 Å². The van der Waals surface area contributed by atoms with Gasteiger partial charge >= 0.3 is 0 Å². The average Bonchev–Trinajstić information content (AvgIpc) is 2.69. The second-order valence-electron chi connectivity index (χ2n) is 6.49. The number of carbonyl (C=O) groups excluding carboxylic acids is 1. The van der Waals surface area contributed by atoms with Gasteiger partial charge in [-0.1, -0.05) is 24.6 Å². The average molecular weight is 374 g/mol. The van der Waals surface area contributed by atoms with Crippen molar-refractivity contribution >= 4 is 17.5 Å². The third-order valence-corrected chi connectivity index (χ3v) is 4.96. The normalized spacial score (nSPS) is 17.3. The van der Waals surface area contributed by atoms with E-state index in [-0.39, 0.29) is 11.9 Å². The highest BCUT2D eigenvalue weighted by atomic mass is 35.5. The molecular weight excluding hydrogens is 350 g/mol. The van der Waals surface area contributed by atoms with Gasteiger partial charge in [0.15, 0.2) is 5.60 Å². The molecule has 3 rings (SSSR count). The quantitative estimate of drug-likeness (QED) is 0.813. The summed E-state index contributed by atoms with van der Waals surface area (Å²) in [6.45, 7) is 3.51. The summed E-state index contributed by atoms with van der Waals surface area (Å²) in [6.07, 6.45) is 3.73. The van der Waals surface area contributed by atoms with Gasteiger partial charge in [-0.05, 0) is 55.9 Å². The third-order valence-electron chi connectivity index (χ3n) is 4.71. The van der Waals surface area contributed by atoms with Gasteiger partial charge < -0.3 is 15.4 Å². The van der Waals surface area contributed by atoms with Crippen molar-refractivity contribution in [2.24, 2.45) is 0 Å². The Morgan fingerprint density at radius 2 is 2.00 bits per heavy atom. The Balaban J connectivity index is 1.79. The highest BCUT2D eigenvalue weighted by Crippen LogP contribution is 2.29. The van der Waals surface area contributed by atoms with E-state index in [4.69, 9.17) is 16.3 Å². The molecule has 1 fully saturated rings. The highest BCUT2D eigenvalue weighted by Gasteiger charge is 2.42. The first kappa shape index (κ1) is 18.7. The number of carbonyl (C=O) groups is 1. The van der Waals surface area contributed by atoms with Crippen molar-refractivity contribution in [1.29, 1.82) is 0 Å². The maximum Gasteiger partial charge on any atom is 0.264 e. The van der Waals surface area contributed by atoms with E-state index in [1.54, 1.807) is 30.5 Å². The van der Waals surface area contributed by atoms with E-state index in [2.05, 4.69) is 15.6 Å². The van der Waals surface area contributed by atoms with Crippen LogP contribution in [0.3, 0.4) is 0 Å². The molecule has 2 aromatic rings. The van der Waals surface area contributed by atoms with Gasteiger partial charge in [-0.2, -0.15) is 0 Å². The Hall–Kier alpha value is -2.11. The minimum absolute atomic E-state index is 0.0912. The molecule has 26 heavy (non-hydrogen) atoms. The van der Waals surface area contributed by atoms with Crippen LogP contribution in [0.2, 0.25) is 5.02 Å². The maximum absolute atomic E-state index is 13.2. The number of hydrogen-bond acceptors (Lipinski definition) is 4. The van der Waals surface area contributed by atoms with Crippen LogP contribution in [0.5, 0.6) is 5.75 Å². The van der Waals surface area contributed by atoms with E-state index in [0.717, 1.165) is 25.2 Å². The van der Waals surface area contributed by atoms with Gasteiger partial charge in [0.25, 0.3) is 5.91 Å². The van der Waals surface area contributed by atoms with E-state index >= 15 is 0 Å². The zero-order valence-electron chi connectivity index (χ0n) is 14.9. The van der Waals surface area contributed by atoms with Crippen molar-refractivity contribution < 1.29 is 9.53 Å². The molecule has 1 aliphatic heterocycles. The summed E-state index contributed by atoms with van der Waals surface area (Å²) < 4.78 is 6.21. The number of aromatic nitrogens is 1. The Labute approximate surface area is 159 Å². The standard InChI is InChI=1S/C20H24ClN3O2/c1-2-17(18-5-3-4-12-23-18)24-19(25)20(10-13-22-14-11-20)26-16-8-6-15(21)7-9-16/h3-9,12,17,22H,2,10-11,13-14H2,1H3,(H,24,25)/t17-/m1/s1. The predicted molar refractivity (Wildman–Crippen MR) is 102 cm³/mol. The number of ether oxygens (including phenoxy) is 1. The molecule has 0 bridgehead atoms.